The van der Waals surface area contributed by atoms with Crippen LogP contribution in [0.5, 0.6) is 0 Å². The molecule has 0 heterocycles. The summed E-state index contributed by atoms with van der Waals surface area (Å²) in [4.78, 5) is 0. The fourth-order valence-electron chi connectivity index (χ4n) is 2.92. The number of nitrogens with two attached hydrogens (primary N) is 2. The van der Waals surface area contributed by atoms with Crippen LogP contribution in [0.25, 0.3) is 0 Å². The maximum Gasteiger partial charge on any atom is 0.122 e. The second kappa shape index (κ2) is 11.9. The Morgan fingerprint density at radius 2 is 0.964 bits per heavy atom. The van der Waals surface area contributed by atoms with Crippen LogP contribution >= 0.6 is 0 Å². The maximum atomic E-state index is 7.39. The molecule has 0 aliphatic heterocycles. The summed E-state index contributed by atoms with van der Waals surface area (Å²) >= 11 is 0. The van der Waals surface area contributed by atoms with E-state index >= 15 is 0 Å². The van der Waals surface area contributed by atoms with Gasteiger partial charge in [-0.1, -0.05) is 61.4 Å². The third kappa shape index (κ3) is 7.90. The number of rotatable bonds is 13. The summed E-state index contributed by atoms with van der Waals surface area (Å²) in [5.74, 6) is 0.222. The highest BCUT2D eigenvalue weighted by Crippen LogP contribution is 2.05. The Hall–Kier alpha value is -2.70. The van der Waals surface area contributed by atoms with Crippen LogP contribution in [0.3, 0.4) is 0 Å². The monoisotopic (exact) mass is 380 g/mol. The minimum absolute atomic E-state index is 0.111. The van der Waals surface area contributed by atoms with Gasteiger partial charge in [0.25, 0.3) is 0 Å². The molecule has 0 atom stereocenters. The van der Waals surface area contributed by atoms with Crippen molar-refractivity contribution in [3.63, 3.8) is 0 Å². The molecule has 28 heavy (non-hydrogen) atoms. The maximum absolute atomic E-state index is 7.39. The van der Waals surface area contributed by atoms with Gasteiger partial charge in [-0.25, -0.2) is 0 Å². The van der Waals surface area contributed by atoms with Gasteiger partial charge in [0, 0.05) is 24.2 Å². The average Bonchev–Trinajstić information content (AvgIpc) is 2.70. The lowest BCUT2D eigenvalue weighted by atomic mass is 10.1. The Labute approximate surface area is 167 Å². The molecule has 0 bridgehead atoms. The van der Waals surface area contributed by atoms with Crippen LogP contribution < -0.4 is 22.1 Å². The van der Waals surface area contributed by atoms with Crippen molar-refractivity contribution in [2.24, 2.45) is 11.5 Å². The molecule has 2 aromatic rings. The molecule has 0 aliphatic rings. The van der Waals surface area contributed by atoms with E-state index in [1.165, 1.54) is 36.8 Å². The van der Waals surface area contributed by atoms with Crippen molar-refractivity contribution in [3.8, 4) is 0 Å². The highest BCUT2D eigenvalue weighted by Gasteiger charge is 1.98. The first-order valence-corrected chi connectivity index (χ1v) is 9.84. The van der Waals surface area contributed by atoms with E-state index in [4.69, 9.17) is 22.3 Å². The van der Waals surface area contributed by atoms with Crippen LogP contribution in [-0.2, 0) is 13.1 Å². The minimum atomic E-state index is 0.111. The van der Waals surface area contributed by atoms with Crippen LogP contribution in [0.4, 0.5) is 0 Å². The van der Waals surface area contributed by atoms with Crippen LogP contribution in [0.15, 0.2) is 48.5 Å². The van der Waals surface area contributed by atoms with Gasteiger partial charge in [0.15, 0.2) is 0 Å². The molecule has 0 unspecified atom stereocenters. The smallest absolute Gasteiger partial charge is 0.122 e. The SMILES string of the molecule is N=C(N)c1ccc(CNCCCCCCNCc2ccc(C(=N)N)cc2)cc1. The van der Waals surface area contributed by atoms with E-state index in [9.17, 15) is 0 Å². The average molecular weight is 381 g/mol. The molecule has 2 aromatic carbocycles. The molecule has 0 spiro atoms. The fraction of sp³-hybridized carbons (Fsp3) is 0.364. The molecule has 2 rings (SSSR count). The minimum Gasteiger partial charge on any atom is -0.384 e. The summed E-state index contributed by atoms with van der Waals surface area (Å²) in [5.41, 5.74) is 14.9. The predicted octanol–water partition coefficient (Wildman–Crippen LogP) is 2.69. The van der Waals surface area contributed by atoms with Gasteiger partial charge in [-0.2, -0.15) is 0 Å². The van der Waals surface area contributed by atoms with Gasteiger partial charge in [0.05, 0.1) is 0 Å². The summed E-state index contributed by atoms with van der Waals surface area (Å²) in [6, 6.07) is 15.6. The van der Waals surface area contributed by atoms with E-state index < -0.39 is 0 Å². The first-order chi connectivity index (χ1) is 13.6. The highest BCUT2D eigenvalue weighted by atomic mass is 14.8. The number of amidine groups is 2. The van der Waals surface area contributed by atoms with Crippen molar-refractivity contribution >= 4 is 11.7 Å². The van der Waals surface area contributed by atoms with Gasteiger partial charge in [-0.15, -0.1) is 0 Å². The number of unbranched alkanes of at least 4 members (excludes halogenated alkanes) is 3. The molecule has 0 radical (unpaired) electrons. The van der Waals surface area contributed by atoms with Gasteiger partial charge in [0.2, 0.25) is 0 Å². The van der Waals surface area contributed by atoms with Gasteiger partial charge in [-0.3, -0.25) is 10.8 Å². The number of nitrogens with one attached hydrogen (secondary N) is 4. The molecule has 0 aromatic heterocycles. The van der Waals surface area contributed by atoms with Crippen molar-refractivity contribution in [1.29, 1.82) is 10.8 Å². The number of benzene rings is 2. The lowest BCUT2D eigenvalue weighted by molar-refractivity contribution is 0.563. The third-order valence-electron chi connectivity index (χ3n) is 4.65. The lowest BCUT2D eigenvalue weighted by Crippen LogP contribution is -2.16. The van der Waals surface area contributed by atoms with Gasteiger partial charge in [0.1, 0.15) is 11.7 Å². The van der Waals surface area contributed by atoms with Crippen LogP contribution in [0, 0.1) is 10.8 Å². The normalized spacial score (nSPS) is 10.7. The van der Waals surface area contributed by atoms with Crippen molar-refractivity contribution in [2.45, 2.75) is 38.8 Å². The van der Waals surface area contributed by atoms with Gasteiger partial charge < -0.3 is 22.1 Å². The molecule has 0 amide bonds. The molecular weight excluding hydrogens is 348 g/mol. The molecule has 0 fully saturated rings. The Morgan fingerprint density at radius 1 is 0.607 bits per heavy atom. The molecular formula is C22H32N6. The standard InChI is InChI=1S/C22H32N6/c23-21(24)19-9-5-17(6-10-19)15-27-13-3-1-2-4-14-28-16-18-7-11-20(12-8-18)22(25)26/h5-12,27-28H,1-4,13-16H2,(H3,23,24)(H3,25,26). The first-order valence-electron chi connectivity index (χ1n) is 9.84. The van der Waals surface area contributed by atoms with Crippen LogP contribution in [0.1, 0.15) is 47.9 Å². The van der Waals surface area contributed by atoms with Crippen molar-refractivity contribution < 1.29 is 0 Å². The highest BCUT2D eigenvalue weighted by molar-refractivity contribution is 5.95. The van der Waals surface area contributed by atoms with E-state index in [-0.39, 0.29) is 11.7 Å². The Kier molecular flexibility index (Phi) is 9.18. The number of nitrogen functional groups attached to an aromatic ring is 2. The summed E-state index contributed by atoms with van der Waals surface area (Å²) in [6.07, 6.45) is 4.81. The van der Waals surface area contributed by atoms with E-state index in [0.717, 1.165) is 37.3 Å². The Bertz CT molecular complexity index is 671. The third-order valence-corrected chi connectivity index (χ3v) is 4.65. The quantitative estimate of drug-likeness (QED) is 0.182. The number of hydrogen-bond donors (Lipinski definition) is 6. The van der Waals surface area contributed by atoms with E-state index in [0.29, 0.717) is 0 Å². The van der Waals surface area contributed by atoms with Crippen molar-refractivity contribution in [1.82, 2.24) is 10.6 Å². The zero-order valence-corrected chi connectivity index (χ0v) is 16.4. The van der Waals surface area contributed by atoms with Crippen LogP contribution in [-0.4, -0.2) is 24.8 Å². The van der Waals surface area contributed by atoms with Gasteiger partial charge in [-0.05, 0) is 37.1 Å². The summed E-state index contributed by atoms with van der Waals surface area (Å²) in [5, 5.41) is 21.7. The fourth-order valence-corrected chi connectivity index (χ4v) is 2.92. The van der Waals surface area contributed by atoms with E-state index in [1.54, 1.807) is 0 Å². The largest absolute Gasteiger partial charge is 0.384 e. The zero-order valence-electron chi connectivity index (χ0n) is 16.4. The Balaban J connectivity index is 1.45. The Morgan fingerprint density at radius 3 is 1.29 bits per heavy atom. The molecule has 0 aliphatic carbocycles. The number of hydrogen-bond acceptors (Lipinski definition) is 4. The molecule has 0 saturated heterocycles. The summed E-state index contributed by atoms with van der Waals surface area (Å²) in [6.45, 7) is 3.74. The lowest BCUT2D eigenvalue weighted by Gasteiger charge is -2.07. The predicted molar refractivity (Wildman–Crippen MR) is 117 cm³/mol. The molecule has 8 N–H and O–H groups in total. The second-order valence-corrected chi connectivity index (χ2v) is 6.99. The van der Waals surface area contributed by atoms with Crippen molar-refractivity contribution in [2.75, 3.05) is 13.1 Å². The summed E-state index contributed by atoms with van der Waals surface area (Å²) in [7, 11) is 0. The van der Waals surface area contributed by atoms with E-state index in [2.05, 4.69) is 10.6 Å². The summed E-state index contributed by atoms with van der Waals surface area (Å²) < 4.78 is 0. The molecule has 0 saturated carbocycles. The topological polar surface area (TPSA) is 124 Å². The van der Waals surface area contributed by atoms with Gasteiger partial charge >= 0.3 is 0 Å². The van der Waals surface area contributed by atoms with Crippen molar-refractivity contribution in [3.05, 3.63) is 70.8 Å². The molecule has 6 nitrogen and oxygen atoms in total. The van der Waals surface area contributed by atoms with Crippen LogP contribution in [0.2, 0.25) is 0 Å². The van der Waals surface area contributed by atoms with E-state index in [1.807, 2.05) is 48.5 Å². The molecule has 150 valence electrons. The second-order valence-electron chi connectivity index (χ2n) is 6.99. The first kappa shape index (κ1) is 21.6. The zero-order chi connectivity index (χ0) is 20.2. The molecule has 6 heteroatoms.